The van der Waals surface area contributed by atoms with Gasteiger partial charge in [0.05, 0.1) is 11.5 Å². The topological polar surface area (TPSA) is 147 Å². The van der Waals surface area contributed by atoms with Gasteiger partial charge in [0.2, 0.25) is 5.91 Å². The number of benzene rings is 1. The lowest BCUT2D eigenvalue weighted by atomic mass is 9.98. The molecule has 1 aromatic carbocycles. The van der Waals surface area contributed by atoms with E-state index in [0.717, 1.165) is 0 Å². The second-order valence-corrected chi connectivity index (χ2v) is 8.66. The molecule has 0 radical (unpaired) electrons. The first-order chi connectivity index (χ1) is 14.9. The first-order valence-corrected chi connectivity index (χ1v) is 10.1. The van der Waals surface area contributed by atoms with Gasteiger partial charge in [-0.05, 0) is 39.8 Å². The molecule has 0 saturated carbocycles. The van der Waals surface area contributed by atoms with Gasteiger partial charge in [0.25, 0.3) is 11.6 Å². The minimum atomic E-state index is -1.08. The quantitative estimate of drug-likeness (QED) is 0.495. The van der Waals surface area contributed by atoms with Crippen LogP contribution in [0.5, 0.6) is 0 Å². The number of amides is 2. The average Bonchev–Trinajstić information content (AvgIpc) is 3.19. The third-order valence-corrected chi connectivity index (χ3v) is 5.20. The zero-order valence-corrected chi connectivity index (χ0v) is 18.0. The minimum Gasteiger partial charge on any atom is -0.345 e. The van der Waals surface area contributed by atoms with Gasteiger partial charge in [0, 0.05) is 17.8 Å². The first-order valence-electron chi connectivity index (χ1n) is 10.1. The van der Waals surface area contributed by atoms with Crippen LogP contribution in [0.4, 0.5) is 11.4 Å². The van der Waals surface area contributed by atoms with Crippen molar-refractivity contribution in [2.24, 2.45) is 0 Å². The Hall–Kier alpha value is -2.64. The fraction of sp³-hybridized carbons (Fsp3) is 0.600. The molecular formula is C20H25N3O9. The Morgan fingerprint density at radius 1 is 0.969 bits per heavy atom. The molecular weight excluding hydrogens is 426 g/mol. The van der Waals surface area contributed by atoms with E-state index in [2.05, 4.69) is 10.6 Å². The summed E-state index contributed by atoms with van der Waals surface area (Å²) in [4.78, 5) is 35.2. The Labute approximate surface area is 183 Å². The normalized spacial score (nSPS) is 31.9. The Morgan fingerprint density at radius 3 is 2.22 bits per heavy atom. The molecule has 3 aliphatic rings. The molecule has 3 heterocycles. The molecule has 0 unspecified atom stereocenters. The Bertz CT molecular complexity index is 917. The third kappa shape index (κ3) is 4.59. The second kappa shape index (κ2) is 8.05. The summed E-state index contributed by atoms with van der Waals surface area (Å²) in [6.45, 7) is 6.60. The maximum absolute atomic E-state index is 12.9. The molecule has 3 saturated heterocycles. The Kier molecular flexibility index (Phi) is 5.67. The number of nitro groups is 1. The lowest BCUT2D eigenvalue weighted by Gasteiger charge is -2.36. The van der Waals surface area contributed by atoms with E-state index in [-0.39, 0.29) is 12.2 Å². The van der Waals surface area contributed by atoms with Gasteiger partial charge in [0.15, 0.2) is 24.0 Å². The molecule has 3 aliphatic heterocycles. The van der Waals surface area contributed by atoms with Crippen molar-refractivity contribution < 1.29 is 38.2 Å². The van der Waals surface area contributed by atoms with Gasteiger partial charge in [0.1, 0.15) is 18.3 Å². The molecule has 0 spiro atoms. The zero-order chi connectivity index (χ0) is 23.3. The summed E-state index contributed by atoms with van der Waals surface area (Å²) in [5.74, 6) is -2.93. The number of nitrogens with one attached hydrogen (secondary N) is 2. The van der Waals surface area contributed by atoms with Gasteiger partial charge >= 0.3 is 0 Å². The molecule has 0 bridgehead atoms. The van der Waals surface area contributed by atoms with Crippen molar-refractivity contribution in [1.29, 1.82) is 0 Å². The van der Waals surface area contributed by atoms with E-state index in [1.54, 1.807) is 27.7 Å². The Morgan fingerprint density at radius 2 is 1.56 bits per heavy atom. The van der Waals surface area contributed by atoms with Crippen LogP contribution >= 0.6 is 0 Å². The standard InChI is InChI=1S/C20H25N3O9/c1-19(2)29-13-14(30-19)16-18(32-20(3,4)31-16)28-15(13)17(25)21-9-12(24)22-10-5-7-11(8-6-10)23(26)27/h5-8,13-16,18H,9H2,1-4H3,(H,21,25)(H,22,24)/t13-,14+,15+,16+,18-/m0/s1. The van der Waals surface area contributed by atoms with Crippen molar-refractivity contribution >= 4 is 23.2 Å². The summed E-state index contributed by atoms with van der Waals surface area (Å²) in [6, 6.07) is 5.34. The monoisotopic (exact) mass is 451 g/mol. The SMILES string of the molecule is CC1(C)O[C@@H]2O[C@@H](C(=O)NCC(=O)Nc3ccc([N+](=O)[O-])cc3)[C@H]3OC(C)(C)O[C@H]3[C@H]2O1. The van der Waals surface area contributed by atoms with Crippen LogP contribution < -0.4 is 10.6 Å². The van der Waals surface area contributed by atoms with Crippen molar-refractivity contribution in [2.45, 2.75) is 70.0 Å². The van der Waals surface area contributed by atoms with Crippen molar-refractivity contribution in [3.05, 3.63) is 34.4 Å². The van der Waals surface area contributed by atoms with Gasteiger partial charge in [-0.25, -0.2) is 0 Å². The number of nitrogens with zero attached hydrogens (tertiary/aromatic N) is 1. The van der Waals surface area contributed by atoms with E-state index >= 15 is 0 Å². The number of carbonyl (C=O) groups is 2. The van der Waals surface area contributed by atoms with Crippen LogP contribution in [0.1, 0.15) is 27.7 Å². The van der Waals surface area contributed by atoms with Gasteiger partial charge in [-0.1, -0.05) is 0 Å². The van der Waals surface area contributed by atoms with Gasteiger partial charge in [-0.2, -0.15) is 0 Å². The smallest absolute Gasteiger partial charge is 0.269 e. The highest BCUT2D eigenvalue weighted by Gasteiger charge is 2.62. The summed E-state index contributed by atoms with van der Waals surface area (Å²) in [5.41, 5.74) is 0.265. The molecule has 4 rings (SSSR count). The number of hydrogen-bond donors (Lipinski definition) is 2. The molecule has 3 fully saturated rings. The van der Waals surface area contributed by atoms with Crippen molar-refractivity contribution in [3.63, 3.8) is 0 Å². The highest BCUT2D eigenvalue weighted by atomic mass is 16.9. The third-order valence-electron chi connectivity index (χ3n) is 5.20. The van der Waals surface area contributed by atoms with E-state index < -0.39 is 59.0 Å². The molecule has 12 nitrogen and oxygen atoms in total. The molecule has 0 aliphatic carbocycles. The lowest BCUT2D eigenvalue weighted by Crippen LogP contribution is -2.59. The van der Waals surface area contributed by atoms with E-state index in [1.807, 2.05) is 0 Å². The average molecular weight is 451 g/mol. The minimum absolute atomic E-state index is 0.0957. The fourth-order valence-corrected chi connectivity index (χ4v) is 3.96. The molecule has 5 atom stereocenters. The fourth-order valence-electron chi connectivity index (χ4n) is 3.96. The number of anilines is 1. The highest BCUT2D eigenvalue weighted by molar-refractivity contribution is 5.95. The molecule has 174 valence electrons. The van der Waals surface area contributed by atoms with E-state index in [9.17, 15) is 19.7 Å². The molecule has 0 aromatic heterocycles. The highest BCUT2D eigenvalue weighted by Crippen LogP contribution is 2.44. The zero-order valence-electron chi connectivity index (χ0n) is 18.0. The van der Waals surface area contributed by atoms with Crippen LogP contribution in [0.2, 0.25) is 0 Å². The maximum Gasteiger partial charge on any atom is 0.269 e. The van der Waals surface area contributed by atoms with Crippen molar-refractivity contribution in [2.75, 3.05) is 11.9 Å². The molecule has 12 heteroatoms. The number of ether oxygens (including phenoxy) is 5. The second-order valence-electron chi connectivity index (χ2n) is 8.66. The van der Waals surface area contributed by atoms with E-state index in [1.165, 1.54) is 24.3 Å². The van der Waals surface area contributed by atoms with Crippen LogP contribution in [0.3, 0.4) is 0 Å². The van der Waals surface area contributed by atoms with Crippen LogP contribution in [0.15, 0.2) is 24.3 Å². The molecule has 2 N–H and O–H groups in total. The van der Waals surface area contributed by atoms with E-state index in [0.29, 0.717) is 5.69 Å². The summed E-state index contributed by atoms with van der Waals surface area (Å²) >= 11 is 0. The summed E-state index contributed by atoms with van der Waals surface area (Å²) in [7, 11) is 0. The first kappa shape index (κ1) is 22.6. The largest absolute Gasteiger partial charge is 0.345 e. The number of rotatable bonds is 5. The molecule has 1 aromatic rings. The van der Waals surface area contributed by atoms with Crippen molar-refractivity contribution in [3.8, 4) is 0 Å². The van der Waals surface area contributed by atoms with Crippen LogP contribution in [-0.4, -0.2) is 65.6 Å². The lowest BCUT2D eigenvalue weighted by molar-refractivity contribution is -0.384. The molecule has 2 amide bonds. The molecule has 32 heavy (non-hydrogen) atoms. The summed E-state index contributed by atoms with van der Waals surface area (Å²) in [6.07, 6.45) is -3.80. The Balaban J connectivity index is 1.38. The van der Waals surface area contributed by atoms with Gasteiger partial charge in [-0.15, -0.1) is 0 Å². The summed E-state index contributed by atoms with van der Waals surface area (Å²) in [5, 5.41) is 15.8. The summed E-state index contributed by atoms with van der Waals surface area (Å²) < 4.78 is 29.3. The van der Waals surface area contributed by atoms with Crippen LogP contribution in [-0.2, 0) is 33.3 Å². The number of carbonyl (C=O) groups excluding carboxylic acids is 2. The van der Waals surface area contributed by atoms with Crippen molar-refractivity contribution in [1.82, 2.24) is 5.32 Å². The predicted octanol–water partition coefficient (Wildman–Crippen LogP) is 1.05. The number of fused-ring (bicyclic) bond motifs is 3. The van der Waals surface area contributed by atoms with Gasteiger partial charge in [-0.3, -0.25) is 19.7 Å². The predicted molar refractivity (Wildman–Crippen MR) is 107 cm³/mol. The van der Waals surface area contributed by atoms with Crippen LogP contribution in [0, 0.1) is 10.1 Å². The number of nitro benzene ring substituents is 1. The maximum atomic E-state index is 12.9. The number of non-ortho nitro benzene ring substituents is 1. The number of hydrogen-bond acceptors (Lipinski definition) is 9. The van der Waals surface area contributed by atoms with Gasteiger partial charge < -0.3 is 34.3 Å². The van der Waals surface area contributed by atoms with Crippen LogP contribution in [0.25, 0.3) is 0 Å². The van der Waals surface area contributed by atoms with E-state index in [4.69, 9.17) is 23.7 Å².